The maximum Gasteiger partial charge on any atom is 0.156 e. The first-order chi connectivity index (χ1) is 7.12. The Morgan fingerprint density at radius 3 is 2.25 bits per heavy atom. The molecule has 0 heterocycles. The number of nitrogens with zero attached hydrogens (tertiary/aromatic N) is 2. The summed E-state index contributed by atoms with van der Waals surface area (Å²) in [7, 11) is -1.22. The third-order valence-electron chi connectivity index (χ3n) is 2.78. The largest absolute Gasteiger partial charge is 0.302 e. The van der Waals surface area contributed by atoms with Gasteiger partial charge in [0.2, 0.25) is 0 Å². The highest BCUT2D eigenvalue weighted by molar-refractivity contribution is 7.92. The molecule has 0 N–H and O–H groups in total. The van der Waals surface area contributed by atoms with Gasteiger partial charge in [0, 0.05) is 12.6 Å². The average molecular weight is 246 g/mol. The SMILES string of the molecule is CC(CC#N)N(C)CCS(=O)(=O)C(C)(C)C. The molecular formula is C11H22N2O2S. The summed E-state index contributed by atoms with van der Waals surface area (Å²) in [5.74, 6) is 0.142. The molecule has 0 fully saturated rings. The fourth-order valence-corrected chi connectivity index (χ4v) is 2.22. The zero-order valence-electron chi connectivity index (χ0n) is 10.8. The Balaban J connectivity index is 4.33. The number of hydrogen-bond donors (Lipinski definition) is 0. The van der Waals surface area contributed by atoms with E-state index in [1.54, 1.807) is 20.8 Å². The first-order valence-corrected chi connectivity index (χ1v) is 7.06. The Kier molecular flexibility index (Phi) is 5.43. The molecule has 16 heavy (non-hydrogen) atoms. The van der Waals surface area contributed by atoms with Gasteiger partial charge in [0.15, 0.2) is 9.84 Å². The zero-order chi connectivity index (χ0) is 13.0. The fourth-order valence-electron chi connectivity index (χ4n) is 1.08. The highest BCUT2D eigenvalue weighted by Crippen LogP contribution is 2.16. The van der Waals surface area contributed by atoms with Gasteiger partial charge in [-0.2, -0.15) is 5.26 Å². The van der Waals surface area contributed by atoms with Gasteiger partial charge in [-0.05, 0) is 34.7 Å². The molecule has 0 aromatic carbocycles. The molecule has 0 bridgehead atoms. The molecule has 0 rings (SSSR count). The van der Waals surface area contributed by atoms with Crippen molar-refractivity contribution in [2.24, 2.45) is 0 Å². The van der Waals surface area contributed by atoms with Crippen molar-refractivity contribution in [3.63, 3.8) is 0 Å². The summed E-state index contributed by atoms with van der Waals surface area (Å²) < 4.78 is 23.0. The Hall–Kier alpha value is -0.600. The van der Waals surface area contributed by atoms with E-state index in [-0.39, 0.29) is 11.8 Å². The van der Waals surface area contributed by atoms with Crippen molar-refractivity contribution in [3.05, 3.63) is 0 Å². The molecule has 0 saturated heterocycles. The van der Waals surface area contributed by atoms with Crippen LogP contribution >= 0.6 is 0 Å². The Bertz CT molecular complexity index is 349. The maximum atomic E-state index is 11.8. The van der Waals surface area contributed by atoms with Gasteiger partial charge in [0.05, 0.1) is 23.0 Å². The molecule has 5 heteroatoms. The van der Waals surface area contributed by atoms with E-state index >= 15 is 0 Å². The van der Waals surface area contributed by atoms with Crippen molar-refractivity contribution < 1.29 is 8.42 Å². The van der Waals surface area contributed by atoms with Crippen LogP contribution in [0, 0.1) is 11.3 Å². The second-order valence-corrected chi connectivity index (χ2v) is 7.99. The van der Waals surface area contributed by atoms with Crippen molar-refractivity contribution in [1.29, 1.82) is 5.26 Å². The minimum atomic E-state index is -3.07. The van der Waals surface area contributed by atoms with Crippen LogP contribution in [0.4, 0.5) is 0 Å². The van der Waals surface area contributed by atoms with Gasteiger partial charge in [0.1, 0.15) is 0 Å². The van der Waals surface area contributed by atoms with E-state index in [1.807, 2.05) is 18.9 Å². The van der Waals surface area contributed by atoms with Gasteiger partial charge in [0.25, 0.3) is 0 Å². The monoisotopic (exact) mass is 246 g/mol. The van der Waals surface area contributed by atoms with Crippen molar-refractivity contribution in [2.75, 3.05) is 19.3 Å². The molecule has 1 atom stereocenters. The summed E-state index contributed by atoms with van der Waals surface area (Å²) in [5.41, 5.74) is 0. The lowest BCUT2D eigenvalue weighted by molar-refractivity contribution is 0.275. The summed E-state index contributed by atoms with van der Waals surface area (Å²) in [6.07, 6.45) is 0.423. The lowest BCUT2D eigenvalue weighted by Crippen LogP contribution is -2.38. The highest BCUT2D eigenvalue weighted by atomic mass is 32.2. The highest BCUT2D eigenvalue weighted by Gasteiger charge is 2.29. The van der Waals surface area contributed by atoms with Crippen LogP contribution < -0.4 is 0 Å². The van der Waals surface area contributed by atoms with Crippen LogP contribution in [0.5, 0.6) is 0 Å². The van der Waals surface area contributed by atoms with Crippen molar-refractivity contribution in [1.82, 2.24) is 4.90 Å². The topological polar surface area (TPSA) is 61.2 Å². The lowest BCUT2D eigenvalue weighted by Gasteiger charge is -2.25. The van der Waals surface area contributed by atoms with E-state index in [0.717, 1.165) is 0 Å². The predicted octanol–water partition coefficient (Wildman–Crippen LogP) is 1.43. The Morgan fingerprint density at radius 1 is 1.38 bits per heavy atom. The Morgan fingerprint density at radius 2 is 1.88 bits per heavy atom. The fraction of sp³-hybridized carbons (Fsp3) is 0.909. The van der Waals surface area contributed by atoms with E-state index < -0.39 is 14.6 Å². The molecule has 0 radical (unpaired) electrons. The second kappa shape index (κ2) is 5.65. The van der Waals surface area contributed by atoms with Crippen molar-refractivity contribution in [2.45, 2.75) is 44.9 Å². The molecule has 0 spiro atoms. The van der Waals surface area contributed by atoms with Crippen molar-refractivity contribution in [3.8, 4) is 6.07 Å². The van der Waals surface area contributed by atoms with E-state index in [9.17, 15) is 8.42 Å². The van der Waals surface area contributed by atoms with E-state index in [4.69, 9.17) is 5.26 Å². The van der Waals surface area contributed by atoms with E-state index in [1.165, 1.54) is 0 Å². The summed E-state index contributed by atoms with van der Waals surface area (Å²) in [5, 5.41) is 8.55. The number of sulfone groups is 1. The zero-order valence-corrected chi connectivity index (χ0v) is 11.6. The molecule has 0 aliphatic rings. The van der Waals surface area contributed by atoms with Crippen molar-refractivity contribution >= 4 is 9.84 Å². The van der Waals surface area contributed by atoms with Crippen LogP contribution in [-0.2, 0) is 9.84 Å². The van der Waals surface area contributed by atoms with Gasteiger partial charge >= 0.3 is 0 Å². The molecule has 4 nitrogen and oxygen atoms in total. The minimum Gasteiger partial charge on any atom is -0.302 e. The van der Waals surface area contributed by atoms with Gasteiger partial charge in [-0.3, -0.25) is 0 Å². The van der Waals surface area contributed by atoms with E-state index in [2.05, 4.69) is 6.07 Å². The smallest absolute Gasteiger partial charge is 0.156 e. The minimum absolute atomic E-state index is 0.0974. The molecule has 0 aromatic heterocycles. The van der Waals surface area contributed by atoms with Crippen LogP contribution in [0.15, 0.2) is 0 Å². The molecule has 1 unspecified atom stereocenters. The maximum absolute atomic E-state index is 11.8. The first-order valence-electron chi connectivity index (χ1n) is 5.41. The van der Waals surface area contributed by atoms with Crippen LogP contribution in [0.25, 0.3) is 0 Å². The molecule has 0 saturated carbocycles. The quantitative estimate of drug-likeness (QED) is 0.736. The second-order valence-electron chi connectivity index (χ2n) is 5.12. The standard InChI is InChI=1S/C11H22N2O2S/c1-10(6-7-12)13(5)8-9-16(14,15)11(2,3)4/h10H,6,8-9H2,1-5H3. The van der Waals surface area contributed by atoms with Crippen LogP contribution in [0.3, 0.4) is 0 Å². The molecule has 0 aromatic rings. The third-order valence-corrected chi connectivity index (χ3v) is 5.37. The first kappa shape index (κ1) is 15.4. The van der Waals surface area contributed by atoms with Gasteiger partial charge in [-0.1, -0.05) is 0 Å². The van der Waals surface area contributed by atoms with Crippen LogP contribution in [0.2, 0.25) is 0 Å². The predicted molar refractivity (Wildman–Crippen MR) is 65.9 cm³/mol. The van der Waals surface area contributed by atoms with Gasteiger partial charge in [-0.15, -0.1) is 0 Å². The summed E-state index contributed by atoms with van der Waals surface area (Å²) >= 11 is 0. The number of hydrogen-bond acceptors (Lipinski definition) is 4. The summed E-state index contributed by atoms with van der Waals surface area (Å²) in [6.45, 7) is 7.53. The number of rotatable bonds is 5. The molecule has 0 aliphatic heterocycles. The van der Waals surface area contributed by atoms with E-state index in [0.29, 0.717) is 13.0 Å². The molecule has 94 valence electrons. The molecular weight excluding hydrogens is 224 g/mol. The Labute approximate surface area is 99.2 Å². The summed E-state index contributed by atoms with van der Waals surface area (Å²) in [4.78, 5) is 1.91. The van der Waals surface area contributed by atoms with Crippen LogP contribution in [-0.4, -0.2) is 43.5 Å². The normalized spacial score (nSPS) is 14.8. The number of nitriles is 1. The molecule has 0 aliphatic carbocycles. The van der Waals surface area contributed by atoms with Gasteiger partial charge < -0.3 is 4.90 Å². The summed E-state index contributed by atoms with van der Waals surface area (Å²) in [6, 6.07) is 2.18. The van der Waals surface area contributed by atoms with Crippen LogP contribution in [0.1, 0.15) is 34.1 Å². The third kappa shape index (κ3) is 4.50. The molecule has 0 amide bonds. The average Bonchev–Trinajstić information content (AvgIpc) is 2.12. The lowest BCUT2D eigenvalue weighted by atomic mass is 10.2. The van der Waals surface area contributed by atoms with Gasteiger partial charge in [-0.25, -0.2) is 8.42 Å².